The summed E-state index contributed by atoms with van der Waals surface area (Å²) in [6.07, 6.45) is 8.18. The smallest absolute Gasteiger partial charge is 0.247 e. The lowest BCUT2D eigenvalue weighted by Gasteiger charge is -2.47. The van der Waals surface area contributed by atoms with Crippen LogP contribution in [0.5, 0.6) is 0 Å². The van der Waals surface area contributed by atoms with Gasteiger partial charge < -0.3 is 10.2 Å². The fourth-order valence-corrected chi connectivity index (χ4v) is 6.03. The molecule has 1 fully saturated rings. The van der Waals surface area contributed by atoms with Crippen LogP contribution in [-0.4, -0.2) is 61.2 Å². The molecule has 182 valence electrons. The molecule has 7 nitrogen and oxygen atoms in total. The number of carbonyl (C=O) groups excluding carboxylic acids is 2. The second-order valence-corrected chi connectivity index (χ2v) is 11.6. The fourth-order valence-electron chi connectivity index (χ4n) is 4.53. The van der Waals surface area contributed by atoms with Crippen molar-refractivity contribution in [1.82, 2.24) is 14.5 Å². The van der Waals surface area contributed by atoms with Crippen LogP contribution in [0.2, 0.25) is 0 Å². The standard InChI is InChI=1S/C25H37N3O4S/c1-20(2)14-16-26-24(30)25(3)19-27(33(31,32)22-12-8-5-9-13-22)18-23(29)28(25)17-15-21-10-6-4-7-11-21/h5,8-10,12-13,20H,4,6-7,11,14-19H2,1-3H3,(H,26,30). The lowest BCUT2D eigenvalue weighted by atomic mass is 9.92. The molecule has 2 amide bonds. The summed E-state index contributed by atoms with van der Waals surface area (Å²) < 4.78 is 27.7. The van der Waals surface area contributed by atoms with Crippen LogP contribution in [0.4, 0.5) is 0 Å². The number of piperazine rings is 1. The minimum absolute atomic E-state index is 0.0669. The van der Waals surface area contributed by atoms with Crippen LogP contribution in [0.25, 0.3) is 0 Å². The van der Waals surface area contributed by atoms with Crippen molar-refractivity contribution in [3.63, 3.8) is 0 Å². The summed E-state index contributed by atoms with van der Waals surface area (Å²) in [6, 6.07) is 8.08. The zero-order chi connectivity index (χ0) is 24.1. The molecule has 1 aliphatic heterocycles. The first kappa shape index (κ1) is 25.4. The molecule has 1 saturated heterocycles. The van der Waals surface area contributed by atoms with Crippen LogP contribution in [0.1, 0.15) is 59.3 Å². The molecule has 8 heteroatoms. The maximum absolute atomic E-state index is 13.4. The minimum atomic E-state index is -3.90. The maximum Gasteiger partial charge on any atom is 0.247 e. The Morgan fingerprint density at radius 2 is 1.91 bits per heavy atom. The Morgan fingerprint density at radius 1 is 1.18 bits per heavy atom. The van der Waals surface area contributed by atoms with E-state index in [1.165, 1.54) is 24.1 Å². The summed E-state index contributed by atoms with van der Waals surface area (Å²) in [7, 11) is -3.90. The Hall–Kier alpha value is -2.19. The summed E-state index contributed by atoms with van der Waals surface area (Å²) in [5.41, 5.74) is 0.0413. The van der Waals surface area contributed by atoms with Gasteiger partial charge in [-0.3, -0.25) is 9.59 Å². The number of sulfonamides is 1. The number of hydrogen-bond donors (Lipinski definition) is 1. The third kappa shape index (κ3) is 6.03. The molecule has 0 radical (unpaired) electrons. The van der Waals surface area contributed by atoms with Crippen molar-refractivity contribution < 1.29 is 18.0 Å². The van der Waals surface area contributed by atoms with Crippen molar-refractivity contribution in [3.05, 3.63) is 42.0 Å². The number of rotatable bonds is 9. The van der Waals surface area contributed by atoms with Crippen molar-refractivity contribution >= 4 is 21.8 Å². The Labute approximate surface area is 198 Å². The van der Waals surface area contributed by atoms with Gasteiger partial charge >= 0.3 is 0 Å². The molecule has 0 spiro atoms. The molecule has 1 unspecified atom stereocenters. The van der Waals surface area contributed by atoms with Crippen LogP contribution >= 0.6 is 0 Å². The summed E-state index contributed by atoms with van der Waals surface area (Å²) >= 11 is 0. The van der Waals surface area contributed by atoms with E-state index in [0.29, 0.717) is 25.4 Å². The van der Waals surface area contributed by atoms with Crippen molar-refractivity contribution in [2.24, 2.45) is 5.92 Å². The molecular formula is C25H37N3O4S. The number of benzene rings is 1. The highest BCUT2D eigenvalue weighted by Crippen LogP contribution is 2.29. The van der Waals surface area contributed by atoms with Gasteiger partial charge in [-0.2, -0.15) is 4.31 Å². The van der Waals surface area contributed by atoms with Crippen molar-refractivity contribution in [2.75, 3.05) is 26.2 Å². The zero-order valence-corrected chi connectivity index (χ0v) is 20.9. The summed E-state index contributed by atoms with van der Waals surface area (Å²) in [5, 5.41) is 2.96. The van der Waals surface area contributed by atoms with E-state index in [0.717, 1.165) is 30.0 Å². The van der Waals surface area contributed by atoms with E-state index in [9.17, 15) is 18.0 Å². The van der Waals surface area contributed by atoms with Gasteiger partial charge in [0.05, 0.1) is 11.4 Å². The van der Waals surface area contributed by atoms with E-state index >= 15 is 0 Å². The highest BCUT2D eigenvalue weighted by atomic mass is 32.2. The van der Waals surface area contributed by atoms with Gasteiger partial charge in [0, 0.05) is 19.6 Å². The molecule has 1 aromatic carbocycles. The van der Waals surface area contributed by atoms with Crippen LogP contribution in [-0.2, 0) is 19.6 Å². The van der Waals surface area contributed by atoms with Crippen LogP contribution in [0, 0.1) is 5.92 Å². The lowest BCUT2D eigenvalue weighted by Crippen LogP contribution is -2.69. The van der Waals surface area contributed by atoms with E-state index in [1.807, 2.05) is 0 Å². The highest BCUT2D eigenvalue weighted by molar-refractivity contribution is 7.89. The molecule has 2 aliphatic rings. The average molecular weight is 476 g/mol. The minimum Gasteiger partial charge on any atom is -0.354 e. The zero-order valence-electron chi connectivity index (χ0n) is 20.0. The quantitative estimate of drug-likeness (QED) is 0.555. The molecule has 0 bridgehead atoms. The first-order valence-electron chi connectivity index (χ1n) is 12.0. The van der Waals surface area contributed by atoms with Crippen molar-refractivity contribution in [3.8, 4) is 0 Å². The molecular weight excluding hydrogens is 438 g/mol. The predicted molar refractivity (Wildman–Crippen MR) is 129 cm³/mol. The molecule has 1 aliphatic carbocycles. The van der Waals surface area contributed by atoms with Gasteiger partial charge in [-0.05, 0) is 63.5 Å². The van der Waals surface area contributed by atoms with Crippen LogP contribution in [0.15, 0.2) is 46.9 Å². The summed E-state index contributed by atoms with van der Waals surface area (Å²) in [4.78, 5) is 28.4. The average Bonchev–Trinajstić information content (AvgIpc) is 2.79. The molecule has 0 aromatic heterocycles. The maximum atomic E-state index is 13.4. The molecule has 0 saturated carbocycles. The summed E-state index contributed by atoms with van der Waals surface area (Å²) in [6.45, 7) is 6.43. The number of hydrogen-bond acceptors (Lipinski definition) is 4. The van der Waals surface area contributed by atoms with Crippen molar-refractivity contribution in [1.29, 1.82) is 0 Å². The SMILES string of the molecule is CC(C)CCNC(=O)C1(C)CN(S(=O)(=O)c2ccccc2)CC(=O)N1CCC1=CCCCC1. The number of carbonyl (C=O) groups is 2. The van der Waals surface area contributed by atoms with Gasteiger partial charge in [0.25, 0.3) is 0 Å². The van der Waals surface area contributed by atoms with E-state index in [2.05, 4.69) is 25.2 Å². The van der Waals surface area contributed by atoms with Crippen LogP contribution < -0.4 is 5.32 Å². The van der Waals surface area contributed by atoms with Gasteiger partial charge in [0.2, 0.25) is 21.8 Å². The number of amides is 2. The lowest BCUT2D eigenvalue weighted by molar-refractivity contribution is -0.152. The Balaban J connectivity index is 1.85. The Bertz CT molecular complexity index is 975. The second kappa shape index (κ2) is 10.8. The van der Waals surface area contributed by atoms with Gasteiger partial charge in [0.15, 0.2) is 0 Å². The van der Waals surface area contributed by atoms with Gasteiger partial charge in [-0.1, -0.05) is 43.7 Å². The first-order valence-corrected chi connectivity index (χ1v) is 13.4. The molecule has 1 aromatic rings. The third-order valence-electron chi connectivity index (χ3n) is 6.61. The number of nitrogens with one attached hydrogen (secondary N) is 1. The van der Waals surface area contributed by atoms with E-state index in [-0.39, 0.29) is 29.8 Å². The molecule has 1 atom stereocenters. The van der Waals surface area contributed by atoms with Gasteiger partial charge in [0.1, 0.15) is 5.54 Å². The largest absolute Gasteiger partial charge is 0.354 e. The monoisotopic (exact) mass is 475 g/mol. The van der Waals surface area contributed by atoms with Crippen LogP contribution in [0.3, 0.4) is 0 Å². The first-order chi connectivity index (χ1) is 15.6. The van der Waals surface area contributed by atoms with E-state index in [4.69, 9.17) is 0 Å². The molecule has 1 heterocycles. The van der Waals surface area contributed by atoms with Crippen molar-refractivity contribution in [2.45, 2.75) is 69.7 Å². The third-order valence-corrected chi connectivity index (χ3v) is 8.42. The second-order valence-electron chi connectivity index (χ2n) is 9.70. The number of nitrogens with zero attached hydrogens (tertiary/aromatic N) is 2. The van der Waals surface area contributed by atoms with Gasteiger partial charge in [-0.15, -0.1) is 0 Å². The molecule has 1 N–H and O–H groups in total. The Kier molecular flexibility index (Phi) is 8.34. The topological polar surface area (TPSA) is 86.8 Å². The molecule has 33 heavy (non-hydrogen) atoms. The number of allylic oxidation sites excluding steroid dienone is 1. The fraction of sp³-hybridized carbons (Fsp3) is 0.600. The van der Waals surface area contributed by atoms with Gasteiger partial charge in [-0.25, -0.2) is 8.42 Å². The van der Waals surface area contributed by atoms with E-state index in [1.54, 1.807) is 30.0 Å². The Morgan fingerprint density at radius 3 is 2.55 bits per heavy atom. The highest BCUT2D eigenvalue weighted by Gasteiger charge is 2.50. The summed E-state index contributed by atoms with van der Waals surface area (Å²) in [5.74, 6) is -0.212. The van der Waals surface area contributed by atoms with E-state index < -0.39 is 15.6 Å². The molecule has 3 rings (SSSR count). The predicted octanol–water partition coefficient (Wildman–Crippen LogP) is 3.33. The normalized spacial score (nSPS) is 22.4.